The van der Waals surface area contributed by atoms with Crippen LogP contribution < -0.4 is 5.32 Å². The molecule has 0 aliphatic rings. The van der Waals surface area contributed by atoms with Crippen LogP contribution in [0.2, 0.25) is 0 Å². The molecular weight excluding hydrogens is 286 g/mol. The zero-order chi connectivity index (χ0) is 15.9. The molecular formula is C16H23NO3S. The Balaban J connectivity index is 2.31. The summed E-state index contributed by atoms with van der Waals surface area (Å²) in [6.07, 6.45) is 0.874. The first-order valence-electron chi connectivity index (χ1n) is 7.07. The Labute approximate surface area is 130 Å². The summed E-state index contributed by atoms with van der Waals surface area (Å²) in [5.41, 5.74) is 0.323. The Morgan fingerprint density at radius 1 is 1.29 bits per heavy atom. The van der Waals surface area contributed by atoms with Gasteiger partial charge in [-0.3, -0.25) is 9.59 Å². The van der Waals surface area contributed by atoms with Gasteiger partial charge >= 0.3 is 5.97 Å². The average Bonchev–Trinajstić information content (AvgIpc) is 2.46. The molecule has 116 valence electrons. The SMILES string of the molecule is CCC(C)(CNC(=O)CCSc1ccc(C)cc1)C(=O)O. The largest absolute Gasteiger partial charge is 0.481 e. The van der Waals surface area contributed by atoms with E-state index in [1.54, 1.807) is 18.7 Å². The summed E-state index contributed by atoms with van der Waals surface area (Å²) in [7, 11) is 0. The van der Waals surface area contributed by atoms with E-state index in [0.29, 0.717) is 18.6 Å². The van der Waals surface area contributed by atoms with Crippen LogP contribution in [0.15, 0.2) is 29.2 Å². The number of carbonyl (C=O) groups excluding carboxylic acids is 1. The van der Waals surface area contributed by atoms with Gasteiger partial charge in [-0.05, 0) is 32.4 Å². The van der Waals surface area contributed by atoms with E-state index in [1.807, 2.05) is 38.1 Å². The first-order valence-corrected chi connectivity index (χ1v) is 8.05. The van der Waals surface area contributed by atoms with Crippen molar-refractivity contribution in [2.45, 2.75) is 38.5 Å². The molecule has 1 aromatic rings. The second-order valence-corrected chi connectivity index (χ2v) is 6.58. The molecule has 21 heavy (non-hydrogen) atoms. The van der Waals surface area contributed by atoms with E-state index >= 15 is 0 Å². The van der Waals surface area contributed by atoms with Crippen LogP contribution in [-0.2, 0) is 9.59 Å². The maximum Gasteiger partial charge on any atom is 0.311 e. The van der Waals surface area contributed by atoms with E-state index in [1.165, 1.54) is 5.56 Å². The van der Waals surface area contributed by atoms with Gasteiger partial charge in [0, 0.05) is 23.6 Å². The molecule has 1 atom stereocenters. The van der Waals surface area contributed by atoms with Crippen LogP contribution in [0.4, 0.5) is 0 Å². The Morgan fingerprint density at radius 2 is 1.90 bits per heavy atom. The molecule has 0 spiro atoms. The number of carboxylic acid groups (broad SMARTS) is 1. The lowest BCUT2D eigenvalue weighted by molar-refractivity contribution is -0.148. The zero-order valence-electron chi connectivity index (χ0n) is 12.8. The number of aliphatic carboxylic acids is 1. The van der Waals surface area contributed by atoms with Crippen molar-refractivity contribution in [3.8, 4) is 0 Å². The van der Waals surface area contributed by atoms with Gasteiger partial charge in [-0.2, -0.15) is 0 Å². The maximum atomic E-state index is 11.8. The first kappa shape index (κ1) is 17.6. The Bertz CT molecular complexity index is 487. The summed E-state index contributed by atoms with van der Waals surface area (Å²) < 4.78 is 0. The van der Waals surface area contributed by atoms with Gasteiger partial charge in [-0.25, -0.2) is 0 Å². The first-order chi connectivity index (χ1) is 9.87. The molecule has 0 heterocycles. The van der Waals surface area contributed by atoms with Crippen molar-refractivity contribution in [1.82, 2.24) is 5.32 Å². The van der Waals surface area contributed by atoms with Crippen LogP contribution in [0.1, 0.15) is 32.3 Å². The monoisotopic (exact) mass is 309 g/mol. The second-order valence-electron chi connectivity index (χ2n) is 5.41. The summed E-state index contributed by atoms with van der Waals surface area (Å²) in [4.78, 5) is 24.0. The zero-order valence-corrected chi connectivity index (χ0v) is 13.6. The Hall–Kier alpha value is -1.49. The minimum atomic E-state index is -0.889. The minimum Gasteiger partial charge on any atom is -0.481 e. The molecule has 0 saturated carbocycles. The fourth-order valence-corrected chi connectivity index (χ4v) is 2.48. The normalized spacial score (nSPS) is 13.5. The van der Waals surface area contributed by atoms with Gasteiger partial charge in [0.15, 0.2) is 0 Å². The summed E-state index contributed by atoms with van der Waals surface area (Å²) in [6, 6.07) is 8.16. The Kier molecular flexibility index (Phi) is 6.75. The highest BCUT2D eigenvalue weighted by atomic mass is 32.2. The fraction of sp³-hybridized carbons (Fsp3) is 0.500. The van der Waals surface area contributed by atoms with Crippen LogP contribution >= 0.6 is 11.8 Å². The standard InChI is InChI=1S/C16H23NO3S/c1-4-16(3,15(19)20)11-17-14(18)9-10-21-13-7-5-12(2)6-8-13/h5-8H,4,9-11H2,1-3H3,(H,17,18)(H,19,20). The summed E-state index contributed by atoms with van der Waals surface area (Å²) in [6.45, 7) is 5.67. The van der Waals surface area contributed by atoms with Crippen LogP contribution in [0.5, 0.6) is 0 Å². The minimum absolute atomic E-state index is 0.101. The quantitative estimate of drug-likeness (QED) is 0.724. The van der Waals surface area contributed by atoms with Crippen LogP contribution in [-0.4, -0.2) is 29.3 Å². The molecule has 4 nitrogen and oxygen atoms in total. The molecule has 0 saturated heterocycles. The third-order valence-corrected chi connectivity index (χ3v) is 4.60. The van der Waals surface area contributed by atoms with E-state index in [0.717, 1.165) is 4.90 Å². The highest BCUT2D eigenvalue weighted by Crippen LogP contribution is 2.21. The van der Waals surface area contributed by atoms with Crippen molar-refractivity contribution in [1.29, 1.82) is 0 Å². The second kappa shape index (κ2) is 8.08. The number of amides is 1. The summed E-state index contributed by atoms with van der Waals surface area (Å²) in [5.74, 6) is -0.292. The number of hydrogen-bond acceptors (Lipinski definition) is 3. The molecule has 2 N–H and O–H groups in total. The maximum absolute atomic E-state index is 11.8. The summed E-state index contributed by atoms with van der Waals surface area (Å²) >= 11 is 1.63. The van der Waals surface area contributed by atoms with Crippen molar-refractivity contribution in [3.63, 3.8) is 0 Å². The molecule has 0 aliphatic heterocycles. The molecule has 1 aromatic carbocycles. The van der Waals surface area contributed by atoms with Gasteiger partial charge in [0.1, 0.15) is 0 Å². The lowest BCUT2D eigenvalue weighted by Crippen LogP contribution is -2.40. The number of carboxylic acids is 1. The average molecular weight is 309 g/mol. The number of aryl methyl sites for hydroxylation is 1. The predicted octanol–water partition coefficient (Wildman–Crippen LogP) is 3.09. The van der Waals surface area contributed by atoms with Crippen molar-refractivity contribution in [3.05, 3.63) is 29.8 Å². The smallest absolute Gasteiger partial charge is 0.311 e. The van der Waals surface area contributed by atoms with Crippen molar-refractivity contribution >= 4 is 23.6 Å². The van der Waals surface area contributed by atoms with E-state index < -0.39 is 11.4 Å². The van der Waals surface area contributed by atoms with E-state index in [-0.39, 0.29) is 12.5 Å². The molecule has 0 radical (unpaired) electrons. The summed E-state index contributed by atoms with van der Waals surface area (Å²) in [5, 5.41) is 11.9. The third-order valence-electron chi connectivity index (χ3n) is 3.59. The van der Waals surface area contributed by atoms with Crippen molar-refractivity contribution < 1.29 is 14.7 Å². The van der Waals surface area contributed by atoms with Gasteiger partial charge < -0.3 is 10.4 Å². The number of carbonyl (C=O) groups is 2. The topological polar surface area (TPSA) is 66.4 Å². The van der Waals surface area contributed by atoms with E-state index in [9.17, 15) is 9.59 Å². The van der Waals surface area contributed by atoms with Gasteiger partial charge in [-0.1, -0.05) is 24.6 Å². The molecule has 1 amide bonds. The highest BCUT2D eigenvalue weighted by Gasteiger charge is 2.31. The van der Waals surface area contributed by atoms with Gasteiger partial charge in [0.05, 0.1) is 5.41 Å². The number of hydrogen-bond donors (Lipinski definition) is 2. The van der Waals surface area contributed by atoms with Gasteiger partial charge in [-0.15, -0.1) is 11.8 Å². The van der Waals surface area contributed by atoms with E-state index in [2.05, 4.69) is 5.32 Å². The molecule has 0 aliphatic carbocycles. The van der Waals surface area contributed by atoms with Crippen LogP contribution in [0, 0.1) is 12.3 Å². The molecule has 0 aromatic heterocycles. The van der Waals surface area contributed by atoms with Gasteiger partial charge in [0.2, 0.25) is 5.91 Å². The lowest BCUT2D eigenvalue weighted by Gasteiger charge is -2.23. The van der Waals surface area contributed by atoms with Crippen molar-refractivity contribution in [2.75, 3.05) is 12.3 Å². The molecule has 0 fully saturated rings. The highest BCUT2D eigenvalue weighted by molar-refractivity contribution is 7.99. The predicted molar refractivity (Wildman–Crippen MR) is 85.6 cm³/mol. The fourth-order valence-electron chi connectivity index (χ4n) is 1.63. The molecule has 0 bridgehead atoms. The molecule has 5 heteroatoms. The van der Waals surface area contributed by atoms with Crippen LogP contribution in [0.3, 0.4) is 0 Å². The number of rotatable bonds is 8. The molecule has 1 rings (SSSR count). The van der Waals surface area contributed by atoms with Gasteiger partial charge in [0.25, 0.3) is 0 Å². The molecule has 1 unspecified atom stereocenters. The number of nitrogens with one attached hydrogen (secondary N) is 1. The Morgan fingerprint density at radius 3 is 2.43 bits per heavy atom. The van der Waals surface area contributed by atoms with E-state index in [4.69, 9.17) is 5.11 Å². The third kappa shape index (κ3) is 5.79. The lowest BCUT2D eigenvalue weighted by atomic mass is 9.88. The number of benzene rings is 1. The number of thioether (sulfide) groups is 1. The van der Waals surface area contributed by atoms with Crippen LogP contribution in [0.25, 0.3) is 0 Å². The van der Waals surface area contributed by atoms with Crippen molar-refractivity contribution in [2.24, 2.45) is 5.41 Å².